The van der Waals surface area contributed by atoms with Crippen LogP contribution in [0.2, 0.25) is 0 Å². The Kier molecular flexibility index (Phi) is 2.07. The molecule has 0 spiro atoms. The molecule has 1 aliphatic heterocycles. The highest BCUT2D eigenvalue weighted by atomic mass is 16.5. The van der Waals surface area contributed by atoms with Gasteiger partial charge in [-0.2, -0.15) is 0 Å². The van der Waals surface area contributed by atoms with Gasteiger partial charge in [-0.1, -0.05) is 24.3 Å². The first kappa shape index (κ1) is 10.7. The van der Waals surface area contributed by atoms with Crippen LogP contribution in [0.1, 0.15) is 40.0 Å². The predicted molar refractivity (Wildman–Crippen MR) is 69.0 cm³/mol. The number of ether oxygens (including phenoxy) is 1. The van der Waals surface area contributed by atoms with Crippen LogP contribution in [0.4, 0.5) is 0 Å². The molecule has 4 rings (SSSR count). The maximum atomic E-state index is 12.6. The molecule has 3 heteroatoms. The van der Waals surface area contributed by atoms with Gasteiger partial charge in [0, 0.05) is 34.3 Å². The average Bonchev–Trinajstić information content (AvgIpc) is 2.92. The van der Waals surface area contributed by atoms with Crippen LogP contribution in [0, 0.1) is 0 Å². The number of hydrogen-bond acceptors (Lipinski definition) is 3. The van der Waals surface area contributed by atoms with Gasteiger partial charge in [0.05, 0.1) is 0 Å². The molecule has 19 heavy (non-hydrogen) atoms. The fourth-order valence-corrected chi connectivity index (χ4v) is 3.18. The van der Waals surface area contributed by atoms with E-state index in [0.717, 1.165) is 30.6 Å². The van der Waals surface area contributed by atoms with Crippen LogP contribution in [0.3, 0.4) is 0 Å². The Morgan fingerprint density at radius 3 is 2.42 bits per heavy atom. The quantitative estimate of drug-likeness (QED) is 0.713. The first-order chi connectivity index (χ1) is 9.27. The van der Waals surface area contributed by atoms with E-state index in [9.17, 15) is 9.59 Å². The van der Waals surface area contributed by atoms with Gasteiger partial charge >= 0.3 is 0 Å². The highest BCUT2D eigenvalue weighted by Gasteiger charge is 2.38. The Morgan fingerprint density at radius 1 is 0.895 bits per heavy atom. The number of allylic oxidation sites excluding steroid dienone is 3. The predicted octanol–water partition coefficient (Wildman–Crippen LogP) is 2.83. The second-order valence-corrected chi connectivity index (χ2v) is 5.10. The highest BCUT2D eigenvalue weighted by molar-refractivity contribution is 6.28. The van der Waals surface area contributed by atoms with Crippen molar-refractivity contribution in [1.29, 1.82) is 0 Å². The summed E-state index contributed by atoms with van der Waals surface area (Å²) >= 11 is 0. The van der Waals surface area contributed by atoms with Crippen LogP contribution in [0.5, 0.6) is 0 Å². The van der Waals surface area contributed by atoms with Crippen LogP contribution in [-0.2, 0) is 4.74 Å². The molecule has 0 aromatic heterocycles. The van der Waals surface area contributed by atoms with Crippen LogP contribution >= 0.6 is 0 Å². The minimum absolute atomic E-state index is 0.0112. The van der Waals surface area contributed by atoms with Gasteiger partial charge in [-0.25, -0.2) is 0 Å². The van der Waals surface area contributed by atoms with E-state index in [-0.39, 0.29) is 18.2 Å². The number of Topliss-reactive ketones (excluding diaryl/α,β-unsaturated/α-hetero) is 2. The lowest BCUT2D eigenvalue weighted by atomic mass is 9.80. The third-order valence-electron chi connectivity index (χ3n) is 4.08. The molecule has 0 atom stereocenters. The summed E-state index contributed by atoms with van der Waals surface area (Å²) in [5.74, 6) is 0.853. The molecule has 0 radical (unpaired) electrons. The zero-order valence-electron chi connectivity index (χ0n) is 10.4. The van der Waals surface area contributed by atoms with Crippen molar-refractivity contribution in [2.75, 3.05) is 6.61 Å². The van der Waals surface area contributed by atoms with E-state index in [2.05, 4.69) is 0 Å². The Hall–Kier alpha value is -2.16. The lowest BCUT2D eigenvalue weighted by Crippen LogP contribution is -2.28. The number of carbonyl (C=O) groups is 2. The molecule has 3 aliphatic rings. The topological polar surface area (TPSA) is 43.4 Å². The molecule has 0 amide bonds. The summed E-state index contributed by atoms with van der Waals surface area (Å²) in [7, 11) is 0. The number of fused-ring (bicyclic) bond motifs is 2. The summed E-state index contributed by atoms with van der Waals surface area (Å²) in [5.41, 5.74) is 3.18. The summed E-state index contributed by atoms with van der Waals surface area (Å²) in [6.07, 6.45) is 2.73. The molecular weight excluding hydrogens is 240 g/mol. The number of rotatable bonds is 0. The van der Waals surface area contributed by atoms with Crippen molar-refractivity contribution >= 4 is 11.6 Å². The van der Waals surface area contributed by atoms with Crippen molar-refractivity contribution in [3.8, 4) is 0 Å². The Bertz CT molecular complexity index is 692. The summed E-state index contributed by atoms with van der Waals surface area (Å²) in [6.45, 7) is 0.243. The number of carbonyl (C=O) groups excluding carboxylic acids is 2. The molecule has 0 saturated heterocycles. The number of hydrogen-bond donors (Lipinski definition) is 0. The number of ketones is 2. The zero-order chi connectivity index (χ0) is 13.0. The maximum absolute atomic E-state index is 12.6. The summed E-state index contributed by atoms with van der Waals surface area (Å²) in [4.78, 5) is 25.1. The third kappa shape index (κ3) is 1.33. The van der Waals surface area contributed by atoms with Crippen LogP contribution in [0.15, 0.2) is 46.7 Å². The number of benzene rings is 1. The molecule has 2 aliphatic carbocycles. The molecule has 0 fully saturated rings. The Balaban J connectivity index is 1.97. The lowest BCUT2D eigenvalue weighted by Gasteiger charge is -2.26. The van der Waals surface area contributed by atoms with Gasteiger partial charge in [-0.15, -0.1) is 0 Å². The molecule has 0 N–H and O–H groups in total. The van der Waals surface area contributed by atoms with Gasteiger partial charge in [-0.05, 0) is 12.8 Å². The monoisotopic (exact) mass is 252 g/mol. The minimum atomic E-state index is -0.0522. The van der Waals surface area contributed by atoms with E-state index >= 15 is 0 Å². The Labute approximate surface area is 110 Å². The fourth-order valence-electron chi connectivity index (χ4n) is 3.18. The minimum Gasteiger partial charge on any atom is -0.493 e. The maximum Gasteiger partial charge on any atom is 0.194 e. The molecule has 3 nitrogen and oxygen atoms in total. The first-order valence-electron chi connectivity index (χ1n) is 6.54. The molecule has 0 bridgehead atoms. The molecule has 1 heterocycles. The van der Waals surface area contributed by atoms with Crippen molar-refractivity contribution in [3.63, 3.8) is 0 Å². The van der Waals surface area contributed by atoms with Crippen molar-refractivity contribution in [1.82, 2.24) is 0 Å². The molecule has 0 unspecified atom stereocenters. The van der Waals surface area contributed by atoms with Crippen molar-refractivity contribution in [2.24, 2.45) is 0 Å². The molecule has 94 valence electrons. The average molecular weight is 252 g/mol. The van der Waals surface area contributed by atoms with Crippen molar-refractivity contribution in [2.45, 2.75) is 19.3 Å². The van der Waals surface area contributed by atoms with Gasteiger partial charge in [-0.3, -0.25) is 9.59 Å². The van der Waals surface area contributed by atoms with Gasteiger partial charge < -0.3 is 4.74 Å². The normalized spacial score (nSPS) is 21.1. The molecule has 1 aromatic carbocycles. The first-order valence-corrected chi connectivity index (χ1v) is 6.54. The molecule has 1 aromatic rings. The second kappa shape index (κ2) is 3.67. The largest absolute Gasteiger partial charge is 0.493 e. The van der Waals surface area contributed by atoms with Gasteiger partial charge in [0.2, 0.25) is 0 Å². The smallest absolute Gasteiger partial charge is 0.194 e. The summed E-state index contributed by atoms with van der Waals surface area (Å²) in [5, 5.41) is 0. The SMILES string of the molecule is O=C1C2=C(C(=O)c3ccccc31)C1=C(CCC1)OC2. The van der Waals surface area contributed by atoms with E-state index in [4.69, 9.17) is 4.74 Å². The standard InChI is InChI=1S/C16H12O3/c17-15-9-4-1-2-5-10(9)16(18)14-11-6-3-7-13(11)19-8-12(14)15/h1-2,4-5H,3,6-8H2. The van der Waals surface area contributed by atoms with Crippen molar-refractivity contribution < 1.29 is 14.3 Å². The second-order valence-electron chi connectivity index (χ2n) is 5.10. The van der Waals surface area contributed by atoms with Gasteiger partial charge in [0.1, 0.15) is 12.4 Å². The van der Waals surface area contributed by atoms with Crippen LogP contribution < -0.4 is 0 Å². The van der Waals surface area contributed by atoms with Crippen molar-refractivity contribution in [3.05, 3.63) is 57.9 Å². The van der Waals surface area contributed by atoms with E-state index in [1.165, 1.54) is 0 Å². The highest BCUT2D eigenvalue weighted by Crippen LogP contribution is 2.41. The summed E-state index contributed by atoms with van der Waals surface area (Å²) in [6, 6.07) is 7.06. The molecule has 0 saturated carbocycles. The third-order valence-corrected chi connectivity index (χ3v) is 4.08. The van der Waals surface area contributed by atoms with E-state index < -0.39 is 0 Å². The Morgan fingerprint density at radius 2 is 1.63 bits per heavy atom. The van der Waals surface area contributed by atoms with E-state index in [1.54, 1.807) is 24.3 Å². The fraction of sp³-hybridized carbons (Fsp3) is 0.250. The van der Waals surface area contributed by atoms with E-state index in [0.29, 0.717) is 22.3 Å². The lowest BCUT2D eigenvalue weighted by molar-refractivity contribution is 0.0949. The van der Waals surface area contributed by atoms with Crippen LogP contribution in [-0.4, -0.2) is 18.2 Å². The van der Waals surface area contributed by atoms with Gasteiger partial charge in [0.15, 0.2) is 11.6 Å². The molecular formula is C16H12O3. The zero-order valence-corrected chi connectivity index (χ0v) is 10.4. The van der Waals surface area contributed by atoms with Crippen LogP contribution in [0.25, 0.3) is 0 Å². The summed E-state index contributed by atoms with van der Waals surface area (Å²) < 4.78 is 5.65. The van der Waals surface area contributed by atoms with Gasteiger partial charge in [0.25, 0.3) is 0 Å². The van der Waals surface area contributed by atoms with E-state index in [1.807, 2.05) is 0 Å².